The summed E-state index contributed by atoms with van der Waals surface area (Å²) in [6.07, 6.45) is -4.26. The van der Waals surface area contributed by atoms with E-state index in [1.807, 2.05) is 19.0 Å². The van der Waals surface area contributed by atoms with Gasteiger partial charge in [0.2, 0.25) is 0 Å². The number of hydrogen-bond acceptors (Lipinski definition) is 2. The van der Waals surface area contributed by atoms with E-state index in [1.54, 1.807) is 6.07 Å². The van der Waals surface area contributed by atoms with Crippen molar-refractivity contribution < 1.29 is 13.2 Å². The average molecular weight is 246 g/mol. The van der Waals surface area contributed by atoms with Crippen LogP contribution in [0, 0.1) is 0 Å². The van der Waals surface area contributed by atoms with Crippen LogP contribution in [0.3, 0.4) is 0 Å². The molecule has 0 aliphatic heterocycles. The normalized spacial score (nSPS) is 12.1. The second-order valence-electron chi connectivity index (χ2n) is 4.04. The molecule has 17 heavy (non-hydrogen) atoms. The van der Waals surface area contributed by atoms with Gasteiger partial charge in [-0.05, 0) is 25.7 Å². The molecule has 0 aliphatic carbocycles. The number of nitrogens with zero attached hydrogens (tertiary/aromatic N) is 1. The van der Waals surface area contributed by atoms with Crippen LogP contribution in [0.4, 0.5) is 13.2 Å². The lowest BCUT2D eigenvalue weighted by Gasteiger charge is -2.17. The van der Waals surface area contributed by atoms with Gasteiger partial charge in [0.1, 0.15) is 0 Å². The van der Waals surface area contributed by atoms with Crippen LogP contribution in [-0.2, 0) is 12.7 Å². The smallest absolute Gasteiger partial charge is 0.318 e. The molecule has 0 fully saturated rings. The van der Waals surface area contributed by atoms with Gasteiger partial charge in [0.25, 0.3) is 0 Å². The zero-order chi connectivity index (χ0) is 12.9. The number of halogens is 3. The highest BCUT2D eigenvalue weighted by Gasteiger charge is 2.30. The Morgan fingerprint density at radius 3 is 2.59 bits per heavy atom. The fourth-order valence-corrected chi connectivity index (χ4v) is 1.54. The molecule has 0 aromatic heterocycles. The van der Waals surface area contributed by atoms with E-state index in [0.29, 0.717) is 12.1 Å². The highest BCUT2D eigenvalue weighted by molar-refractivity contribution is 5.25. The number of benzene rings is 1. The van der Waals surface area contributed by atoms with Crippen molar-refractivity contribution in [2.75, 3.05) is 27.2 Å². The molecule has 1 aromatic carbocycles. The third kappa shape index (κ3) is 4.75. The standard InChI is InChI=1S/C12H17F3N2/c1-16-6-7-17(2)9-10-4-3-5-11(8-10)12(13,14)15/h3-5,8,16H,6-7,9H2,1-2H3. The summed E-state index contributed by atoms with van der Waals surface area (Å²) >= 11 is 0. The second kappa shape index (κ2) is 6.02. The molecule has 96 valence electrons. The van der Waals surface area contributed by atoms with Gasteiger partial charge in [-0.15, -0.1) is 0 Å². The molecule has 2 nitrogen and oxygen atoms in total. The molecule has 0 amide bonds. The van der Waals surface area contributed by atoms with Crippen LogP contribution in [0.1, 0.15) is 11.1 Å². The lowest BCUT2D eigenvalue weighted by Crippen LogP contribution is -2.27. The highest BCUT2D eigenvalue weighted by Crippen LogP contribution is 2.29. The van der Waals surface area contributed by atoms with Crippen molar-refractivity contribution in [2.45, 2.75) is 12.7 Å². The van der Waals surface area contributed by atoms with Crippen LogP contribution in [0.5, 0.6) is 0 Å². The van der Waals surface area contributed by atoms with Crippen LogP contribution in [0.15, 0.2) is 24.3 Å². The van der Waals surface area contributed by atoms with Gasteiger partial charge in [-0.25, -0.2) is 0 Å². The summed E-state index contributed by atoms with van der Waals surface area (Å²) in [7, 11) is 3.73. The first-order valence-electron chi connectivity index (χ1n) is 5.43. The molecule has 0 spiro atoms. The first-order valence-corrected chi connectivity index (χ1v) is 5.43. The van der Waals surface area contributed by atoms with Crippen LogP contribution < -0.4 is 5.32 Å². The Labute approximate surface area is 99.4 Å². The molecule has 0 saturated carbocycles. The Morgan fingerprint density at radius 1 is 1.29 bits per heavy atom. The number of rotatable bonds is 5. The molecular formula is C12H17F3N2. The van der Waals surface area contributed by atoms with E-state index in [4.69, 9.17) is 0 Å². The Bertz CT molecular complexity index is 350. The molecule has 0 aliphatic rings. The fourth-order valence-electron chi connectivity index (χ4n) is 1.54. The molecule has 0 radical (unpaired) electrons. The Kier molecular flexibility index (Phi) is 4.96. The summed E-state index contributed by atoms with van der Waals surface area (Å²) in [4.78, 5) is 1.98. The van der Waals surface area contributed by atoms with Crippen molar-refractivity contribution in [3.63, 3.8) is 0 Å². The third-order valence-corrected chi connectivity index (χ3v) is 2.45. The van der Waals surface area contributed by atoms with E-state index in [9.17, 15) is 13.2 Å². The van der Waals surface area contributed by atoms with Gasteiger partial charge in [-0.2, -0.15) is 13.2 Å². The lowest BCUT2D eigenvalue weighted by atomic mass is 10.1. The van der Waals surface area contributed by atoms with E-state index >= 15 is 0 Å². The summed E-state index contributed by atoms with van der Waals surface area (Å²) < 4.78 is 37.5. The number of alkyl halides is 3. The molecule has 0 heterocycles. The van der Waals surface area contributed by atoms with Crippen LogP contribution >= 0.6 is 0 Å². The Hall–Kier alpha value is -1.07. The summed E-state index contributed by atoms with van der Waals surface area (Å²) in [5.74, 6) is 0. The predicted octanol–water partition coefficient (Wildman–Crippen LogP) is 2.36. The van der Waals surface area contributed by atoms with E-state index in [-0.39, 0.29) is 0 Å². The largest absolute Gasteiger partial charge is 0.416 e. The van der Waals surface area contributed by atoms with Gasteiger partial charge in [-0.3, -0.25) is 0 Å². The maximum atomic E-state index is 12.5. The average Bonchev–Trinajstić information content (AvgIpc) is 2.25. The fraction of sp³-hybridized carbons (Fsp3) is 0.500. The van der Waals surface area contributed by atoms with E-state index in [1.165, 1.54) is 12.1 Å². The molecule has 0 unspecified atom stereocenters. The quantitative estimate of drug-likeness (QED) is 0.858. The molecule has 1 N–H and O–H groups in total. The monoisotopic (exact) mass is 246 g/mol. The zero-order valence-electron chi connectivity index (χ0n) is 10.0. The summed E-state index contributed by atoms with van der Waals surface area (Å²) in [5, 5.41) is 3.00. The third-order valence-electron chi connectivity index (χ3n) is 2.45. The Morgan fingerprint density at radius 2 is 2.00 bits per heavy atom. The van der Waals surface area contributed by atoms with E-state index in [2.05, 4.69) is 5.32 Å². The molecule has 5 heteroatoms. The van der Waals surface area contributed by atoms with Crippen molar-refractivity contribution in [1.29, 1.82) is 0 Å². The van der Waals surface area contributed by atoms with Crippen molar-refractivity contribution in [1.82, 2.24) is 10.2 Å². The van der Waals surface area contributed by atoms with Gasteiger partial charge in [0, 0.05) is 19.6 Å². The van der Waals surface area contributed by atoms with Gasteiger partial charge in [0.15, 0.2) is 0 Å². The van der Waals surface area contributed by atoms with Gasteiger partial charge >= 0.3 is 6.18 Å². The number of likely N-dealkylation sites (N-methyl/N-ethyl adjacent to an activating group) is 2. The predicted molar refractivity (Wildman–Crippen MR) is 61.7 cm³/mol. The zero-order valence-corrected chi connectivity index (χ0v) is 10.0. The maximum absolute atomic E-state index is 12.5. The minimum Gasteiger partial charge on any atom is -0.318 e. The number of nitrogens with one attached hydrogen (secondary N) is 1. The maximum Gasteiger partial charge on any atom is 0.416 e. The van der Waals surface area contributed by atoms with E-state index < -0.39 is 11.7 Å². The van der Waals surface area contributed by atoms with Crippen LogP contribution in [-0.4, -0.2) is 32.1 Å². The minimum atomic E-state index is -4.26. The Balaban J connectivity index is 2.66. The molecule has 1 rings (SSSR count). The SMILES string of the molecule is CNCCN(C)Cc1cccc(C(F)(F)F)c1. The minimum absolute atomic E-state index is 0.519. The van der Waals surface area contributed by atoms with Gasteiger partial charge < -0.3 is 10.2 Å². The summed E-state index contributed by atoms with van der Waals surface area (Å²) in [6.45, 7) is 2.13. The molecule has 0 bridgehead atoms. The summed E-state index contributed by atoms with van der Waals surface area (Å²) in [5.41, 5.74) is 0.0930. The molecular weight excluding hydrogens is 229 g/mol. The highest BCUT2D eigenvalue weighted by atomic mass is 19.4. The van der Waals surface area contributed by atoms with Crippen molar-refractivity contribution in [2.24, 2.45) is 0 Å². The topological polar surface area (TPSA) is 15.3 Å². The van der Waals surface area contributed by atoms with Crippen LogP contribution in [0.2, 0.25) is 0 Å². The molecule has 0 atom stereocenters. The van der Waals surface area contributed by atoms with Crippen molar-refractivity contribution >= 4 is 0 Å². The molecule has 0 saturated heterocycles. The first kappa shape index (κ1) is 14.0. The van der Waals surface area contributed by atoms with Gasteiger partial charge in [-0.1, -0.05) is 18.2 Å². The van der Waals surface area contributed by atoms with E-state index in [0.717, 1.165) is 19.2 Å². The molecule has 1 aromatic rings. The van der Waals surface area contributed by atoms with Crippen molar-refractivity contribution in [3.8, 4) is 0 Å². The lowest BCUT2D eigenvalue weighted by molar-refractivity contribution is -0.137. The summed E-state index contributed by atoms with van der Waals surface area (Å²) in [6, 6.07) is 5.46. The van der Waals surface area contributed by atoms with Crippen molar-refractivity contribution in [3.05, 3.63) is 35.4 Å². The second-order valence-corrected chi connectivity index (χ2v) is 4.04. The van der Waals surface area contributed by atoms with Gasteiger partial charge in [0.05, 0.1) is 5.56 Å². The first-order chi connectivity index (χ1) is 7.93. The van der Waals surface area contributed by atoms with Crippen LogP contribution in [0.25, 0.3) is 0 Å². The number of hydrogen-bond donors (Lipinski definition) is 1.